The van der Waals surface area contributed by atoms with Crippen molar-refractivity contribution in [1.29, 1.82) is 0 Å². The second-order valence-electron chi connectivity index (χ2n) is 5.62. The molecule has 27 heavy (non-hydrogen) atoms. The van der Waals surface area contributed by atoms with Gasteiger partial charge in [-0.1, -0.05) is 11.6 Å². The molecule has 0 bridgehead atoms. The Morgan fingerprint density at radius 2 is 1.78 bits per heavy atom. The van der Waals surface area contributed by atoms with Crippen molar-refractivity contribution in [3.8, 4) is 5.88 Å². The molecule has 0 aliphatic rings. The average Bonchev–Trinajstić information content (AvgIpc) is 2.62. The first kappa shape index (κ1) is 18.6. The molecule has 0 unspecified atom stereocenters. The maximum absolute atomic E-state index is 13.1. The summed E-state index contributed by atoms with van der Waals surface area (Å²) < 4.78 is 18.2. The summed E-state index contributed by atoms with van der Waals surface area (Å²) in [5.41, 5.74) is 1.54. The fourth-order valence-corrected chi connectivity index (χ4v) is 2.62. The lowest BCUT2D eigenvalue weighted by Crippen LogP contribution is -2.12. The van der Waals surface area contributed by atoms with E-state index in [1.807, 2.05) is 0 Å². The van der Waals surface area contributed by atoms with Crippen molar-refractivity contribution < 1.29 is 13.9 Å². The van der Waals surface area contributed by atoms with Gasteiger partial charge in [-0.25, -0.2) is 9.37 Å². The molecule has 0 atom stereocenters. The van der Waals surface area contributed by atoms with E-state index in [-0.39, 0.29) is 10.6 Å². The smallest absolute Gasteiger partial charge is 0.257 e. The average molecular weight is 387 g/mol. The number of methoxy groups -OCH3 is 1. The highest BCUT2D eigenvalue weighted by molar-refractivity contribution is 6.34. The van der Waals surface area contributed by atoms with Crippen molar-refractivity contribution in [1.82, 2.24) is 9.97 Å². The Kier molecular flexibility index (Phi) is 5.52. The number of anilines is 3. The predicted octanol–water partition coefficient (Wildman–Crippen LogP) is 4.58. The van der Waals surface area contributed by atoms with Gasteiger partial charge in [0.2, 0.25) is 5.88 Å². The second-order valence-corrected chi connectivity index (χ2v) is 6.03. The number of aromatic nitrogens is 2. The van der Waals surface area contributed by atoms with Crippen molar-refractivity contribution in [2.45, 2.75) is 6.92 Å². The van der Waals surface area contributed by atoms with Crippen molar-refractivity contribution in [3.05, 3.63) is 70.8 Å². The lowest BCUT2D eigenvalue weighted by atomic mass is 10.2. The van der Waals surface area contributed by atoms with E-state index >= 15 is 0 Å². The van der Waals surface area contributed by atoms with E-state index in [2.05, 4.69) is 20.6 Å². The summed E-state index contributed by atoms with van der Waals surface area (Å²) in [6.45, 7) is 1.77. The van der Waals surface area contributed by atoms with Gasteiger partial charge in [0, 0.05) is 17.4 Å². The maximum Gasteiger partial charge on any atom is 0.257 e. The fraction of sp³-hybridized carbons (Fsp3) is 0.105. The number of aryl methyl sites for hydroxylation is 1. The number of ether oxygens (including phenoxy) is 1. The largest absolute Gasteiger partial charge is 0.481 e. The van der Waals surface area contributed by atoms with Gasteiger partial charge in [0.1, 0.15) is 17.5 Å². The van der Waals surface area contributed by atoms with E-state index in [4.69, 9.17) is 16.3 Å². The highest BCUT2D eigenvalue weighted by atomic mass is 35.5. The molecule has 1 amide bonds. The van der Waals surface area contributed by atoms with E-state index in [1.54, 1.807) is 37.3 Å². The molecule has 3 aromatic rings. The quantitative estimate of drug-likeness (QED) is 0.671. The Bertz CT molecular complexity index is 980. The van der Waals surface area contributed by atoms with Crippen molar-refractivity contribution in [2.75, 3.05) is 17.7 Å². The first-order valence-corrected chi connectivity index (χ1v) is 8.35. The number of nitrogens with zero attached hydrogens (tertiary/aromatic N) is 2. The van der Waals surface area contributed by atoms with Crippen LogP contribution in [0.15, 0.2) is 48.5 Å². The number of nitrogens with one attached hydrogen (secondary N) is 2. The number of hydrogen-bond donors (Lipinski definition) is 2. The minimum atomic E-state index is -0.497. The first-order chi connectivity index (χ1) is 12.9. The van der Waals surface area contributed by atoms with E-state index in [0.29, 0.717) is 23.2 Å². The summed E-state index contributed by atoms with van der Waals surface area (Å²) >= 11 is 5.91. The highest BCUT2D eigenvalue weighted by Gasteiger charge is 2.11. The third-order valence-electron chi connectivity index (χ3n) is 3.61. The number of rotatable bonds is 5. The SMILES string of the molecule is COc1cc(Nc2ccc(NC(=O)c3ccc(F)cc3Cl)cc2)nc(C)n1. The van der Waals surface area contributed by atoms with Crippen LogP contribution in [0.25, 0.3) is 0 Å². The molecular formula is C19H16ClFN4O2. The van der Waals surface area contributed by atoms with Gasteiger partial charge >= 0.3 is 0 Å². The molecule has 2 N–H and O–H groups in total. The minimum absolute atomic E-state index is 0.0545. The third-order valence-corrected chi connectivity index (χ3v) is 3.93. The summed E-state index contributed by atoms with van der Waals surface area (Å²) in [4.78, 5) is 20.7. The summed E-state index contributed by atoms with van der Waals surface area (Å²) in [6, 6.07) is 12.3. The van der Waals surface area contributed by atoms with Crippen LogP contribution in [0.2, 0.25) is 5.02 Å². The van der Waals surface area contributed by atoms with Crippen LogP contribution in [0.5, 0.6) is 5.88 Å². The molecule has 138 valence electrons. The summed E-state index contributed by atoms with van der Waals surface area (Å²) in [7, 11) is 1.54. The molecular weight excluding hydrogens is 371 g/mol. The topological polar surface area (TPSA) is 76.1 Å². The molecule has 0 spiro atoms. The molecule has 0 aliphatic heterocycles. The molecule has 0 saturated carbocycles. The zero-order valence-electron chi connectivity index (χ0n) is 14.6. The van der Waals surface area contributed by atoms with Gasteiger partial charge in [0.15, 0.2) is 0 Å². The molecule has 1 aromatic heterocycles. The molecule has 2 aromatic carbocycles. The number of benzene rings is 2. The van der Waals surface area contributed by atoms with Gasteiger partial charge in [-0.3, -0.25) is 4.79 Å². The lowest BCUT2D eigenvalue weighted by molar-refractivity contribution is 0.102. The van der Waals surface area contributed by atoms with E-state index in [9.17, 15) is 9.18 Å². The molecule has 3 rings (SSSR count). The standard InChI is InChI=1S/C19H16ClFN4O2/c1-11-22-17(10-18(23-11)27-2)24-13-4-6-14(7-5-13)25-19(26)15-8-3-12(21)9-16(15)20/h3-10H,1-2H3,(H,25,26)(H,22,23,24). The van der Waals surface area contributed by atoms with Crippen LogP contribution < -0.4 is 15.4 Å². The van der Waals surface area contributed by atoms with Crippen LogP contribution in [0.3, 0.4) is 0 Å². The Labute approximate surface area is 160 Å². The van der Waals surface area contributed by atoms with Crippen LogP contribution in [0, 0.1) is 12.7 Å². The van der Waals surface area contributed by atoms with Gasteiger partial charge < -0.3 is 15.4 Å². The lowest BCUT2D eigenvalue weighted by Gasteiger charge is -2.10. The molecule has 0 aliphatic carbocycles. The van der Waals surface area contributed by atoms with Crippen LogP contribution in [-0.2, 0) is 0 Å². The van der Waals surface area contributed by atoms with Gasteiger partial charge in [0.05, 0.1) is 17.7 Å². The normalized spacial score (nSPS) is 10.4. The van der Waals surface area contributed by atoms with Gasteiger partial charge in [0.25, 0.3) is 5.91 Å². The molecule has 0 radical (unpaired) electrons. The van der Waals surface area contributed by atoms with Crippen LogP contribution in [0.1, 0.15) is 16.2 Å². The molecule has 0 saturated heterocycles. The second kappa shape index (κ2) is 8.01. The molecule has 0 fully saturated rings. The van der Waals surface area contributed by atoms with Crippen LogP contribution >= 0.6 is 11.6 Å². The fourth-order valence-electron chi connectivity index (χ4n) is 2.37. The number of amides is 1. The van der Waals surface area contributed by atoms with Crippen LogP contribution in [0.4, 0.5) is 21.6 Å². The highest BCUT2D eigenvalue weighted by Crippen LogP contribution is 2.22. The first-order valence-electron chi connectivity index (χ1n) is 7.98. The van der Waals surface area contributed by atoms with Gasteiger partial charge in [-0.15, -0.1) is 0 Å². The molecule has 6 nitrogen and oxygen atoms in total. The van der Waals surface area contributed by atoms with Gasteiger partial charge in [-0.05, 0) is 49.4 Å². The van der Waals surface area contributed by atoms with Crippen molar-refractivity contribution in [2.24, 2.45) is 0 Å². The minimum Gasteiger partial charge on any atom is -0.481 e. The zero-order chi connectivity index (χ0) is 19.4. The van der Waals surface area contributed by atoms with Crippen LogP contribution in [-0.4, -0.2) is 23.0 Å². The number of hydrogen-bond acceptors (Lipinski definition) is 5. The Morgan fingerprint density at radius 3 is 2.44 bits per heavy atom. The molecule has 8 heteroatoms. The Hall–Kier alpha value is -3.19. The van der Waals surface area contributed by atoms with Gasteiger partial charge in [-0.2, -0.15) is 4.98 Å². The Morgan fingerprint density at radius 1 is 1.07 bits per heavy atom. The maximum atomic E-state index is 13.1. The Balaban J connectivity index is 1.70. The molecule has 1 heterocycles. The van der Waals surface area contributed by atoms with Crippen molar-refractivity contribution >= 4 is 34.7 Å². The summed E-state index contributed by atoms with van der Waals surface area (Å²) in [6.07, 6.45) is 0. The number of carbonyl (C=O) groups is 1. The number of halogens is 2. The third kappa shape index (κ3) is 4.71. The van der Waals surface area contributed by atoms with E-state index in [1.165, 1.54) is 19.2 Å². The van der Waals surface area contributed by atoms with E-state index < -0.39 is 11.7 Å². The monoisotopic (exact) mass is 386 g/mol. The van der Waals surface area contributed by atoms with Crippen molar-refractivity contribution in [3.63, 3.8) is 0 Å². The van der Waals surface area contributed by atoms with E-state index in [0.717, 1.165) is 11.8 Å². The summed E-state index contributed by atoms with van der Waals surface area (Å²) in [5.74, 6) is 0.719. The predicted molar refractivity (Wildman–Crippen MR) is 102 cm³/mol. The summed E-state index contributed by atoms with van der Waals surface area (Å²) in [5, 5.41) is 5.91. The number of carbonyl (C=O) groups excluding carboxylic acids is 1. The zero-order valence-corrected chi connectivity index (χ0v) is 15.3.